The van der Waals surface area contributed by atoms with Crippen molar-refractivity contribution in [3.63, 3.8) is 0 Å². The Hall–Kier alpha value is -2.86. The third kappa shape index (κ3) is 4.28. The minimum Gasteiger partial charge on any atom is -0.465 e. The SMILES string of the molecule is COC(=O)c1ccc(Cl)c(NC(=O)C2CCC(=O)N2Cc2ccccc2)c1. The molecule has 140 valence electrons. The summed E-state index contributed by atoms with van der Waals surface area (Å²) in [4.78, 5) is 38.3. The van der Waals surface area contributed by atoms with Crippen LogP contribution in [0.2, 0.25) is 5.02 Å². The van der Waals surface area contributed by atoms with E-state index < -0.39 is 12.0 Å². The Morgan fingerprint density at radius 2 is 1.96 bits per heavy atom. The summed E-state index contributed by atoms with van der Waals surface area (Å²) in [6.45, 7) is 0.369. The number of likely N-dealkylation sites (tertiary alicyclic amines) is 1. The molecular formula is C20H19ClN2O4. The first-order valence-electron chi connectivity index (χ1n) is 8.51. The van der Waals surface area contributed by atoms with Crippen LogP contribution in [0.5, 0.6) is 0 Å². The van der Waals surface area contributed by atoms with E-state index in [1.54, 1.807) is 4.90 Å². The molecule has 1 heterocycles. The van der Waals surface area contributed by atoms with Gasteiger partial charge in [-0.15, -0.1) is 0 Å². The van der Waals surface area contributed by atoms with Gasteiger partial charge in [0.25, 0.3) is 0 Å². The summed E-state index contributed by atoms with van der Waals surface area (Å²) in [5, 5.41) is 3.04. The first-order valence-corrected chi connectivity index (χ1v) is 8.89. The lowest BCUT2D eigenvalue weighted by molar-refractivity contribution is -0.133. The average Bonchev–Trinajstić information content (AvgIpc) is 3.04. The van der Waals surface area contributed by atoms with Crippen molar-refractivity contribution < 1.29 is 19.1 Å². The van der Waals surface area contributed by atoms with Crippen molar-refractivity contribution in [2.45, 2.75) is 25.4 Å². The van der Waals surface area contributed by atoms with Gasteiger partial charge < -0.3 is 15.0 Å². The van der Waals surface area contributed by atoms with Crippen LogP contribution >= 0.6 is 11.6 Å². The third-order valence-electron chi connectivity index (χ3n) is 4.47. The number of nitrogens with one attached hydrogen (secondary N) is 1. The number of ether oxygens (including phenoxy) is 1. The zero-order valence-corrected chi connectivity index (χ0v) is 15.5. The van der Waals surface area contributed by atoms with E-state index in [2.05, 4.69) is 10.1 Å². The minimum absolute atomic E-state index is 0.0617. The van der Waals surface area contributed by atoms with E-state index in [1.807, 2.05) is 30.3 Å². The molecule has 2 amide bonds. The van der Waals surface area contributed by atoms with Gasteiger partial charge in [-0.3, -0.25) is 9.59 Å². The number of anilines is 1. The summed E-state index contributed by atoms with van der Waals surface area (Å²) in [5.74, 6) is -0.918. The Morgan fingerprint density at radius 1 is 1.22 bits per heavy atom. The van der Waals surface area contributed by atoms with Gasteiger partial charge in [0.2, 0.25) is 11.8 Å². The van der Waals surface area contributed by atoms with Crippen LogP contribution < -0.4 is 5.32 Å². The number of benzene rings is 2. The molecule has 0 saturated carbocycles. The Balaban J connectivity index is 1.77. The molecule has 0 aromatic heterocycles. The van der Waals surface area contributed by atoms with Crippen molar-refractivity contribution in [1.29, 1.82) is 0 Å². The van der Waals surface area contributed by atoms with Crippen LogP contribution in [0.25, 0.3) is 0 Å². The molecule has 0 bridgehead atoms. The van der Waals surface area contributed by atoms with Crippen molar-refractivity contribution >= 4 is 35.1 Å². The molecule has 1 saturated heterocycles. The van der Waals surface area contributed by atoms with Gasteiger partial charge in [-0.05, 0) is 30.2 Å². The molecular weight excluding hydrogens is 368 g/mol. The lowest BCUT2D eigenvalue weighted by atomic mass is 10.1. The Kier molecular flexibility index (Phi) is 5.76. The molecule has 7 heteroatoms. The second kappa shape index (κ2) is 8.22. The van der Waals surface area contributed by atoms with Crippen LogP contribution in [-0.2, 0) is 20.9 Å². The number of halogens is 1. The van der Waals surface area contributed by atoms with Crippen LogP contribution in [0, 0.1) is 0 Å². The van der Waals surface area contributed by atoms with Crippen molar-refractivity contribution in [2.75, 3.05) is 12.4 Å². The second-order valence-electron chi connectivity index (χ2n) is 6.24. The number of carbonyl (C=O) groups is 3. The molecule has 0 aliphatic carbocycles. The fourth-order valence-electron chi connectivity index (χ4n) is 3.07. The summed E-state index contributed by atoms with van der Waals surface area (Å²) in [6.07, 6.45) is 0.757. The predicted molar refractivity (Wildman–Crippen MR) is 101 cm³/mol. The number of amides is 2. The summed E-state index contributed by atoms with van der Waals surface area (Å²) >= 11 is 6.14. The first-order chi connectivity index (χ1) is 13.0. The third-order valence-corrected chi connectivity index (χ3v) is 4.80. The first kappa shape index (κ1) is 18.9. The second-order valence-corrected chi connectivity index (χ2v) is 6.64. The molecule has 1 aliphatic heterocycles. The molecule has 0 radical (unpaired) electrons. The minimum atomic E-state index is -0.587. The van der Waals surface area contributed by atoms with Crippen molar-refractivity contribution in [2.24, 2.45) is 0 Å². The van der Waals surface area contributed by atoms with E-state index in [1.165, 1.54) is 25.3 Å². The maximum Gasteiger partial charge on any atom is 0.337 e. The van der Waals surface area contributed by atoms with Crippen LogP contribution in [0.4, 0.5) is 5.69 Å². The highest BCUT2D eigenvalue weighted by Crippen LogP contribution is 2.27. The van der Waals surface area contributed by atoms with E-state index in [9.17, 15) is 14.4 Å². The number of nitrogens with zero attached hydrogens (tertiary/aromatic N) is 1. The largest absolute Gasteiger partial charge is 0.465 e. The molecule has 1 N–H and O–H groups in total. The van der Waals surface area contributed by atoms with Crippen LogP contribution in [0.15, 0.2) is 48.5 Å². The van der Waals surface area contributed by atoms with E-state index in [-0.39, 0.29) is 17.4 Å². The maximum absolute atomic E-state index is 12.8. The molecule has 1 fully saturated rings. The fraction of sp³-hybridized carbons (Fsp3) is 0.250. The van der Waals surface area contributed by atoms with Gasteiger partial charge in [-0.25, -0.2) is 4.79 Å². The van der Waals surface area contributed by atoms with E-state index in [0.717, 1.165) is 5.56 Å². The van der Waals surface area contributed by atoms with Gasteiger partial charge in [0.1, 0.15) is 6.04 Å². The molecule has 2 aromatic rings. The van der Waals surface area contributed by atoms with Crippen molar-refractivity contribution in [3.8, 4) is 0 Å². The molecule has 0 spiro atoms. The van der Waals surface area contributed by atoms with Gasteiger partial charge in [0, 0.05) is 13.0 Å². The van der Waals surface area contributed by atoms with Gasteiger partial charge in [0.15, 0.2) is 0 Å². The number of carbonyl (C=O) groups excluding carboxylic acids is 3. The van der Waals surface area contributed by atoms with Crippen molar-refractivity contribution in [3.05, 3.63) is 64.7 Å². The molecule has 1 atom stereocenters. The number of hydrogen-bond donors (Lipinski definition) is 1. The normalized spacial score (nSPS) is 16.3. The van der Waals surface area contributed by atoms with Gasteiger partial charge in [-0.1, -0.05) is 41.9 Å². The molecule has 6 nitrogen and oxygen atoms in total. The van der Waals surface area contributed by atoms with Gasteiger partial charge in [-0.2, -0.15) is 0 Å². The molecule has 3 rings (SSSR count). The zero-order chi connectivity index (χ0) is 19.4. The van der Waals surface area contributed by atoms with Gasteiger partial charge >= 0.3 is 5.97 Å². The highest BCUT2D eigenvalue weighted by atomic mass is 35.5. The standard InChI is InChI=1S/C20H19ClN2O4/c1-27-20(26)14-7-8-15(21)16(11-14)22-19(25)17-9-10-18(24)23(17)12-13-5-3-2-4-6-13/h2-8,11,17H,9-10,12H2,1H3,(H,22,25). The van der Waals surface area contributed by atoms with E-state index >= 15 is 0 Å². The Morgan fingerprint density at radius 3 is 2.67 bits per heavy atom. The number of methoxy groups -OCH3 is 1. The zero-order valence-electron chi connectivity index (χ0n) is 14.8. The van der Waals surface area contributed by atoms with Crippen LogP contribution in [0.1, 0.15) is 28.8 Å². The van der Waals surface area contributed by atoms with Gasteiger partial charge in [0.05, 0.1) is 23.4 Å². The number of rotatable bonds is 5. The average molecular weight is 387 g/mol. The highest BCUT2D eigenvalue weighted by Gasteiger charge is 2.36. The maximum atomic E-state index is 12.8. The number of hydrogen-bond acceptors (Lipinski definition) is 4. The lowest BCUT2D eigenvalue weighted by Gasteiger charge is -2.24. The lowest BCUT2D eigenvalue weighted by Crippen LogP contribution is -2.41. The summed E-state index contributed by atoms with van der Waals surface area (Å²) in [5.41, 5.74) is 1.54. The van der Waals surface area contributed by atoms with E-state index in [4.69, 9.17) is 11.6 Å². The predicted octanol–water partition coefficient (Wildman–Crippen LogP) is 3.26. The van der Waals surface area contributed by atoms with Crippen molar-refractivity contribution in [1.82, 2.24) is 4.90 Å². The molecule has 2 aromatic carbocycles. The summed E-state index contributed by atoms with van der Waals surface area (Å²) in [7, 11) is 1.28. The quantitative estimate of drug-likeness (QED) is 0.800. The molecule has 27 heavy (non-hydrogen) atoms. The highest BCUT2D eigenvalue weighted by molar-refractivity contribution is 6.34. The topological polar surface area (TPSA) is 75.7 Å². The summed E-state index contributed by atoms with van der Waals surface area (Å²) < 4.78 is 4.69. The van der Waals surface area contributed by atoms with Crippen LogP contribution in [0.3, 0.4) is 0 Å². The smallest absolute Gasteiger partial charge is 0.337 e. The Bertz CT molecular complexity index is 870. The van der Waals surface area contributed by atoms with E-state index in [0.29, 0.717) is 30.1 Å². The Labute approximate surface area is 162 Å². The van der Waals surface area contributed by atoms with Crippen LogP contribution in [-0.4, -0.2) is 35.8 Å². The fourth-order valence-corrected chi connectivity index (χ4v) is 3.23. The summed E-state index contributed by atoms with van der Waals surface area (Å²) in [6, 6.07) is 13.4. The molecule has 1 unspecified atom stereocenters. The molecule has 1 aliphatic rings. The monoisotopic (exact) mass is 386 g/mol. The number of esters is 1.